The van der Waals surface area contributed by atoms with Gasteiger partial charge in [-0.3, -0.25) is 0 Å². The van der Waals surface area contributed by atoms with Crippen LogP contribution in [0.2, 0.25) is 5.02 Å². The molecule has 0 aromatic heterocycles. The van der Waals surface area contributed by atoms with Crippen molar-refractivity contribution in [1.82, 2.24) is 0 Å². The topological polar surface area (TPSA) is 67.4 Å². The van der Waals surface area contributed by atoms with E-state index in [2.05, 4.69) is 10.6 Å². The molecule has 0 aliphatic carbocycles. The van der Waals surface area contributed by atoms with E-state index in [0.717, 1.165) is 5.56 Å². The van der Waals surface area contributed by atoms with Gasteiger partial charge >= 0.3 is 12.0 Å². The molecule has 0 fully saturated rings. The van der Waals surface area contributed by atoms with Crippen LogP contribution in [0, 0.1) is 6.92 Å². The van der Waals surface area contributed by atoms with Gasteiger partial charge in [0.1, 0.15) is 0 Å². The molecule has 0 aliphatic rings. The number of halogens is 1. The first-order chi connectivity index (χ1) is 11.0. The predicted octanol–water partition coefficient (Wildman–Crippen LogP) is 4.47. The first-order valence-electron chi connectivity index (χ1n) is 7.11. The number of amides is 2. The second-order valence-corrected chi connectivity index (χ2v) is 5.27. The molecule has 0 radical (unpaired) electrons. The van der Waals surface area contributed by atoms with Crippen LogP contribution >= 0.6 is 11.6 Å². The molecule has 2 amide bonds. The molecule has 2 N–H and O–H groups in total. The number of hydrogen-bond acceptors (Lipinski definition) is 3. The van der Waals surface area contributed by atoms with Gasteiger partial charge in [-0.15, -0.1) is 0 Å². The Kier molecular flexibility index (Phi) is 5.60. The number of ether oxygens (including phenoxy) is 1. The first kappa shape index (κ1) is 16.8. The summed E-state index contributed by atoms with van der Waals surface area (Å²) in [5, 5.41) is 6.05. The van der Waals surface area contributed by atoms with Gasteiger partial charge in [0.15, 0.2) is 0 Å². The molecular weight excluding hydrogens is 316 g/mol. The van der Waals surface area contributed by atoms with Crippen LogP contribution in [0.4, 0.5) is 16.2 Å². The van der Waals surface area contributed by atoms with Crippen molar-refractivity contribution >= 4 is 35.0 Å². The smallest absolute Gasteiger partial charge is 0.338 e. The molecule has 0 bridgehead atoms. The van der Waals surface area contributed by atoms with Crippen molar-refractivity contribution < 1.29 is 14.3 Å². The Morgan fingerprint density at radius 1 is 1.09 bits per heavy atom. The summed E-state index contributed by atoms with van der Waals surface area (Å²) in [6.07, 6.45) is 0. The molecule has 2 aromatic rings. The van der Waals surface area contributed by atoms with Crippen molar-refractivity contribution in [3.8, 4) is 0 Å². The Labute approximate surface area is 139 Å². The molecule has 0 unspecified atom stereocenters. The van der Waals surface area contributed by atoms with Crippen molar-refractivity contribution in [2.45, 2.75) is 13.8 Å². The Bertz CT molecular complexity index is 714. The standard InChI is InChI=1S/C17H17ClN2O3/c1-3-23-16(21)12-4-7-14(8-5-12)19-17(22)20-15-9-6-13(18)10-11(15)2/h4-10H,3H2,1-2H3,(H2,19,20,22). The van der Waals surface area contributed by atoms with Crippen LogP contribution in [0.25, 0.3) is 0 Å². The van der Waals surface area contributed by atoms with E-state index in [1.54, 1.807) is 49.4 Å². The minimum Gasteiger partial charge on any atom is -0.462 e. The largest absolute Gasteiger partial charge is 0.462 e. The SMILES string of the molecule is CCOC(=O)c1ccc(NC(=O)Nc2ccc(Cl)cc2C)cc1. The highest BCUT2D eigenvalue weighted by molar-refractivity contribution is 6.30. The van der Waals surface area contributed by atoms with E-state index >= 15 is 0 Å². The van der Waals surface area contributed by atoms with Gasteiger partial charge in [-0.05, 0) is 61.9 Å². The van der Waals surface area contributed by atoms with E-state index in [-0.39, 0.29) is 12.0 Å². The van der Waals surface area contributed by atoms with Crippen molar-refractivity contribution in [2.24, 2.45) is 0 Å². The van der Waals surface area contributed by atoms with Crippen molar-refractivity contribution in [3.05, 3.63) is 58.6 Å². The van der Waals surface area contributed by atoms with Gasteiger partial charge in [0, 0.05) is 16.4 Å². The van der Waals surface area contributed by atoms with Crippen molar-refractivity contribution in [1.29, 1.82) is 0 Å². The first-order valence-corrected chi connectivity index (χ1v) is 7.48. The number of rotatable bonds is 4. The molecule has 0 saturated carbocycles. The molecule has 5 nitrogen and oxygen atoms in total. The van der Waals surface area contributed by atoms with E-state index in [0.29, 0.717) is 28.6 Å². The monoisotopic (exact) mass is 332 g/mol. The Hall–Kier alpha value is -2.53. The van der Waals surface area contributed by atoms with Gasteiger partial charge in [-0.2, -0.15) is 0 Å². The second-order valence-electron chi connectivity index (χ2n) is 4.84. The van der Waals surface area contributed by atoms with E-state index < -0.39 is 0 Å². The summed E-state index contributed by atoms with van der Waals surface area (Å²) in [5.41, 5.74) is 2.55. The van der Waals surface area contributed by atoms with Crippen LogP contribution in [-0.2, 0) is 4.74 Å². The fourth-order valence-electron chi connectivity index (χ4n) is 1.96. The van der Waals surface area contributed by atoms with Crippen LogP contribution in [-0.4, -0.2) is 18.6 Å². The molecule has 23 heavy (non-hydrogen) atoms. The summed E-state index contributed by atoms with van der Waals surface area (Å²) in [5.74, 6) is -0.389. The summed E-state index contributed by atoms with van der Waals surface area (Å²) >= 11 is 5.88. The highest BCUT2D eigenvalue weighted by Crippen LogP contribution is 2.20. The lowest BCUT2D eigenvalue weighted by Crippen LogP contribution is -2.20. The molecule has 2 aromatic carbocycles. The van der Waals surface area contributed by atoms with E-state index in [1.165, 1.54) is 0 Å². The highest BCUT2D eigenvalue weighted by atomic mass is 35.5. The lowest BCUT2D eigenvalue weighted by molar-refractivity contribution is 0.0526. The molecule has 0 spiro atoms. The van der Waals surface area contributed by atoms with E-state index in [4.69, 9.17) is 16.3 Å². The molecule has 120 valence electrons. The fourth-order valence-corrected chi connectivity index (χ4v) is 2.18. The average molecular weight is 333 g/mol. The molecule has 0 atom stereocenters. The second kappa shape index (κ2) is 7.65. The predicted molar refractivity (Wildman–Crippen MR) is 91.2 cm³/mol. The Balaban J connectivity index is 1.98. The van der Waals surface area contributed by atoms with Gasteiger partial charge in [0.2, 0.25) is 0 Å². The summed E-state index contributed by atoms with van der Waals surface area (Å²) in [6, 6.07) is 11.3. The number of esters is 1. The number of carbonyl (C=O) groups excluding carboxylic acids is 2. The van der Waals surface area contributed by atoms with Crippen LogP contribution in [0.15, 0.2) is 42.5 Å². The zero-order valence-corrected chi connectivity index (χ0v) is 13.6. The number of urea groups is 1. The Morgan fingerprint density at radius 2 is 1.78 bits per heavy atom. The van der Waals surface area contributed by atoms with Crippen molar-refractivity contribution in [2.75, 3.05) is 17.2 Å². The van der Waals surface area contributed by atoms with E-state index in [9.17, 15) is 9.59 Å². The molecular formula is C17H17ClN2O3. The quantitative estimate of drug-likeness (QED) is 0.812. The van der Waals surface area contributed by atoms with Gasteiger partial charge in [0.05, 0.1) is 12.2 Å². The summed E-state index contributed by atoms with van der Waals surface area (Å²) in [4.78, 5) is 23.5. The average Bonchev–Trinajstić information content (AvgIpc) is 2.51. The zero-order valence-electron chi connectivity index (χ0n) is 12.9. The third kappa shape index (κ3) is 4.72. The maximum absolute atomic E-state index is 12.0. The van der Waals surface area contributed by atoms with Crippen LogP contribution < -0.4 is 10.6 Å². The summed E-state index contributed by atoms with van der Waals surface area (Å²) in [7, 11) is 0. The van der Waals surface area contributed by atoms with Gasteiger partial charge < -0.3 is 15.4 Å². The third-order valence-corrected chi connectivity index (χ3v) is 3.33. The van der Waals surface area contributed by atoms with Crippen LogP contribution in [0.1, 0.15) is 22.8 Å². The third-order valence-electron chi connectivity index (χ3n) is 3.09. The minimum absolute atomic E-state index is 0.321. The lowest BCUT2D eigenvalue weighted by Gasteiger charge is -2.10. The van der Waals surface area contributed by atoms with Crippen molar-refractivity contribution in [3.63, 3.8) is 0 Å². The fraction of sp³-hybridized carbons (Fsp3) is 0.176. The van der Waals surface area contributed by atoms with Crippen LogP contribution in [0.3, 0.4) is 0 Å². The maximum Gasteiger partial charge on any atom is 0.338 e. The molecule has 0 aliphatic heterocycles. The number of carbonyl (C=O) groups is 2. The summed E-state index contributed by atoms with van der Waals surface area (Å²) in [6.45, 7) is 3.92. The summed E-state index contributed by atoms with van der Waals surface area (Å²) < 4.78 is 4.90. The maximum atomic E-state index is 12.0. The molecule has 0 saturated heterocycles. The normalized spacial score (nSPS) is 10.0. The van der Waals surface area contributed by atoms with Crippen LogP contribution in [0.5, 0.6) is 0 Å². The number of hydrogen-bond donors (Lipinski definition) is 2. The highest BCUT2D eigenvalue weighted by Gasteiger charge is 2.08. The lowest BCUT2D eigenvalue weighted by atomic mass is 10.2. The molecule has 2 rings (SSSR count). The number of benzene rings is 2. The van der Waals surface area contributed by atoms with Gasteiger partial charge in [-0.1, -0.05) is 11.6 Å². The van der Waals surface area contributed by atoms with Gasteiger partial charge in [-0.25, -0.2) is 9.59 Å². The number of anilines is 2. The molecule has 6 heteroatoms. The number of nitrogens with one attached hydrogen (secondary N) is 2. The zero-order chi connectivity index (χ0) is 16.8. The van der Waals surface area contributed by atoms with E-state index in [1.807, 2.05) is 6.92 Å². The van der Waals surface area contributed by atoms with Gasteiger partial charge in [0.25, 0.3) is 0 Å². The number of aryl methyl sites for hydroxylation is 1. The Morgan fingerprint density at radius 3 is 2.39 bits per heavy atom. The molecule has 0 heterocycles. The minimum atomic E-state index is -0.389.